The summed E-state index contributed by atoms with van der Waals surface area (Å²) < 4.78 is 1.07. The van der Waals surface area contributed by atoms with E-state index in [9.17, 15) is 0 Å². The molecule has 5 heterocycles. The third-order valence-corrected chi connectivity index (χ3v) is 5.70. The molecule has 0 spiro atoms. The molecule has 124 valence electrons. The Morgan fingerprint density at radius 3 is 2.62 bits per heavy atom. The predicted molar refractivity (Wildman–Crippen MR) is 103 cm³/mol. The summed E-state index contributed by atoms with van der Waals surface area (Å²) in [6.45, 7) is 0. The lowest BCUT2D eigenvalue weighted by molar-refractivity contribution is 1.09. The van der Waals surface area contributed by atoms with Gasteiger partial charge in [0.1, 0.15) is 16.4 Å². The van der Waals surface area contributed by atoms with E-state index in [0.717, 1.165) is 37.1 Å². The number of pyridine rings is 2. The van der Waals surface area contributed by atoms with Crippen LogP contribution in [0.3, 0.4) is 0 Å². The second-order valence-electron chi connectivity index (χ2n) is 5.42. The quantitative estimate of drug-likeness (QED) is 0.468. The molecule has 26 heavy (non-hydrogen) atoms. The minimum atomic E-state index is 0.610. The van der Waals surface area contributed by atoms with E-state index < -0.39 is 0 Å². The molecular formula is C18H10N6S2. The van der Waals surface area contributed by atoms with E-state index >= 15 is 0 Å². The third-order valence-electron chi connectivity index (χ3n) is 3.77. The summed E-state index contributed by atoms with van der Waals surface area (Å²) >= 11 is 3.12. The van der Waals surface area contributed by atoms with Crippen molar-refractivity contribution < 1.29 is 0 Å². The van der Waals surface area contributed by atoms with Crippen molar-refractivity contribution >= 4 is 32.8 Å². The van der Waals surface area contributed by atoms with Crippen LogP contribution in [0.5, 0.6) is 0 Å². The van der Waals surface area contributed by atoms with Crippen molar-refractivity contribution in [3.63, 3.8) is 0 Å². The van der Waals surface area contributed by atoms with Crippen LogP contribution >= 0.6 is 22.7 Å². The Hall–Kier alpha value is -3.10. The molecule has 0 aromatic carbocycles. The van der Waals surface area contributed by atoms with Gasteiger partial charge in [-0.3, -0.25) is 4.98 Å². The highest BCUT2D eigenvalue weighted by Crippen LogP contribution is 2.35. The number of nitrogens with zero attached hydrogens (tertiary/aromatic N) is 6. The average Bonchev–Trinajstić information content (AvgIpc) is 3.38. The van der Waals surface area contributed by atoms with Crippen LogP contribution in [0.15, 0.2) is 60.5 Å². The molecule has 0 saturated heterocycles. The number of aromatic nitrogens is 6. The zero-order chi connectivity index (χ0) is 17.3. The van der Waals surface area contributed by atoms with Crippen LogP contribution in [0.25, 0.3) is 42.9 Å². The van der Waals surface area contributed by atoms with Crippen molar-refractivity contribution in [3.8, 4) is 32.8 Å². The maximum atomic E-state index is 4.80. The fourth-order valence-corrected chi connectivity index (χ4v) is 4.25. The lowest BCUT2D eigenvalue weighted by atomic mass is 10.2. The minimum Gasteiger partial charge on any atom is -0.264 e. The van der Waals surface area contributed by atoms with Gasteiger partial charge in [0.05, 0.1) is 4.70 Å². The van der Waals surface area contributed by atoms with E-state index in [1.54, 1.807) is 42.2 Å². The second kappa shape index (κ2) is 6.32. The van der Waals surface area contributed by atoms with Crippen LogP contribution in [0.2, 0.25) is 0 Å². The van der Waals surface area contributed by atoms with Crippen LogP contribution in [0.4, 0.5) is 0 Å². The molecule has 0 bridgehead atoms. The van der Waals surface area contributed by atoms with Crippen molar-refractivity contribution in [2.24, 2.45) is 0 Å². The van der Waals surface area contributed by atoms with E-state index in [4.69, 9.17) is 4.98 Å². The Kier molecular flexibility index (Phi) is 3.69. The average molecular weight is 374 g/mol. The summed E-state index contributed by atoms with van der Waals surface area (Å²) in [6.07, 6.45) is 6.97. The fourth-order valence-electron chi connectivity index (χ4n) is 2.59. The molecule has 5 aromatic heterocycles. The minimum absolute atomic E-state index is 0.610. The fraction of sp³-hybridized carbons (Fsp3) is 0. The smallest absolute Gasteiger partial charge is 0.179 e. The standard InChI is InChI=1S/C18H10N6S2/c1-3-12(10-19-5-1)17-23-24-18(26-17)13-9-11-4-8-25-15(11)14(22-13)16-20-6-2-7-21-16/h1-10H. The van der Waals surface area contributed by atoms with Gasteiger partial charge in [0.15, 0.2) is 10.8 Å². The summed E-state index contributed by atoms with van der Waals surface area (Å²) in [4.78, 5) is 17.7. The number of fused-ring (bicyclic) bond motifs is 1. The first-order valence-corrected chi connectivity index (χ1v) is 9.48. The van der Waals surface area contributed by atoms with E-state index in [0.29, 0.717) is 5.82 Å². The Labute approximate surface area is 156 Å². The highest BCUT2D eigenvalue weighted by molar-refractivity contribution is 7.18. The van der Waals surface area contributed by atoms with Crippen LogP contribution < -0.4 is 0 Å². The van der Waals surface area contributed by atoms with Crippen molar-refractivity contribution in [1.82, 2.24) is 30.1 Å². The molecule has 0 saturated carbocycles. The third kappa shape index (κ3) is 2.65. The van der Waals surface area contributed by atoms with E-state index in [1.165, 1.54) is 11.3 Å². The topological polar surface area (TPSA) is 77.3 Å². The van der Waals surface area contributed by atoms with Gasteiger partial charge in [-0.05, 0) is 41.1 Å². The van der Waals surface area contributed by atoms with Gasteiger partial charge in [-0.15, -0.1) is 21.5 Å². The lowest BCUT2D eigenvalue weighted by Gasteiger charge is -2.03. The van der Waals surface area contributed by atoms with Gasteiger partial charge in [-0.2, -0.15) is 0 Å². The molecule has 0 fully saturated rings. The largest absolute Gasteiger partial charge is 0.264 e. The molecule has 0 aliphatic carbocycles. The van der Waals surface area contributed by atoms with Crippen LogP contribution in [0.1, 0.15) is 0 Å². The van der Waals surface area contributed by atoms with Crippen molar-refractivity contribution in [2.75, 3.05) is 0 Å². The maximum Gasteiger partial charge on any atom is 0.179 e. The van der Waals surface area contributed by atoms with Crippen molar-refractivity contribution in [2.45, 2.75) is 0 Å². The molecule has 0 atom stereocenters. The highest BCUT2D eigenvalue weighted by Gasteiger charge is 2.16. The number of hydrogen-bond donors (Lipinski definition) is 0. The summed E-state index contributed by atoms with van der Waals surface area (Å²) in [6, 6.07) is 9.75. The summed E-state index contributed by atoms with van der Waals surface area (Å²) in [7, 11) is 0. The molecule has 0 amide bonds. The van der Waals surface area contributed by atoms with Crippen LogP contribution in [0, 0.1) is 0 Å². The Morgan fingerprint density at radius 1 is 0.885 bits per heavy atom. The van der Waals surface area contributed by atoms with Crippen LogP contribution in [-0.4, -0.2) is 30.1 Å². The molecule has 0 aliphatic rings. The van der Waals surface area contributed by atoms with Crippen LogP contribution in [-0.2, 0) is 0 Å². The first-order chi connectivity index (χ1) is 12.9. The molecule has 5 rings (SSSR count). The van der Waals surface area contributed by atoms with Gasteiger partial charge in [-0.1, -0.05) is 11.3 Å². The zero-order valence-electron chi connectivity index (χ0n) is 13.3. The van der Waals surface area contributed by atoms with Gasteiger partial charge in [0.25, 0.3) is 0 Å². The first-order valence-electron chi connectivity index (χ1n) is 7.78. The molecular weight excluding hydrogens is 364 g/mol. The van der Waals surface area contributed by atoms with E-state index in [1.807, 2.05) is 23.6 Å². The van der Waals surface area contributed by atoms with Gasteiger partial charge >= 0.3 is 0 Å². The molecule has 0 N–H and O–H groups in total. The number of thiophene rings is 1. The summed E-state index contributed by atoms with van der Waals surface area (Å²) in [5, 5.41) is 13.3. The Bertz CT molecular complexity index is 1180. The number of rotatable bonds is 3. The normalized spacial score (nSPS) is 11.1. The van der Waals surface area contributed by atoms with Crippen molar-refractivity contribution in [1.29, 1.82) is 0 Å². The van der Waals surface area contributed by atoms with E-state index in [-0.39, 0.29) is 0 Å². The Morgan fingerprint density at radius 2 is 1.77 bits per heavy atom. The van der Waals surface area contributed by atoms with E-state index in [2.05, 4.69) is 31.2 Å². The Balaban J connectivity index is 1.65. The summed E-state index contributed by atoms with van der Waals surface area (Å²) in [5.41, 5.74) is 2.48. The first kappa shape index (κ1) is 15.2. The predicted octanol–water partition coefficient (Wildman–Crippen LogP) is 4.33. The SMILES string of the molecule is c1cnc(-c2nc(-c3nnc(-c4cccnc4)s3)cc3ccsc23)nc1. The van der Waals surface area contributed by atoms with Gasteiger partial charge in [0.2, 0.25) is 0 Å². The number of hydrogen-bond acceptors (Lipinski definition) is 8. The molecule has 8 heteroatoms. The van der Waals surface area contributed by atoms with Crippen molar-refractivity contribution in [3.05, 3.63) is 60.5 Å². The molecule has 0 radical (unpaired) electrons. The monoisotopic (exact) mass is 374 g/mol. The van der Waals surface area contributed by atoms with Gasteiger partial charge in [0, 0.05) is 30.4 Å². The molecule has 0 aliphatic heterocycles. The second-order valence-corrected chi connectivity index (χ2v) is 7.32. The van der Waals surface area contributed by atoms with Gasteiger partial charge < -0.3 is 0 Å². The zero-order valence-corrected chi connectivity index (χ0v) is 14.9. The maximum absolute atomic E-state index is 4.80. The summed E-state index contributed by atoms with van der Waals surface area (Å²) in [5.74, 6) is 0.610. The molecule has 0 unspecified atom stereocenters. The molecule has 6 nitrogen and oxygen atoms in total. The molecule has 5 aromatic rings. The van der Waals surface area contributed by atoms with Gasteiger partial charge in [-0.25, -0.2) is 15.0 Å². The lowest BCUT2D eigenvalue weighted by Crippen LogP contribution is -1.93. The highest BCUT2D eigenvalue weighted by atomic mass is 32.1.